The molecule has 1 fully saturated rings. The number of amides is 2. The number of piperazine rings is 1. The summed E-state index contributed by atoms with van der Waals surface area (Å²) < 4.78 is 6.55. The van der Waals surface area contributed by atoms with Crippen molar-refractivity contribution in [2.24, 2.45) is 7.05 Å². The molecule has 2 heterocycles. The molecule has 0 saturated carbocycles. The summed E-state index contributed by atoms with van der Waals surface area (Å²) in [4.78, 5) is 27.5. The van der Waals surface area contributed by atoms with Crippen LogP contribution in [0.2, 0.25) is 0 Å². The van der Waals surface area contributed by atoms with Gasteiger partial charge in [0.25, 0.3) is 5.91 Å². The van der Waals surface area contributed by atoms with Crippen molar-refractivity contribution in [1.29, 1.82) is 0 Å². The molecule has 20 heavy (non-hydrogen) atoms. The first-order valence-corrected chi connectivity index (χ1v) is 6.50. The Morgan fingerprint density at radius 2 is 1.85 bits per heavy atom. The summed E-state index contributed by atoms with van der Waals surface area (Å²) in [6.45, 7) is 2.21. The Hall–Kier alpha value is -2.02. The van der Waals surface area contributed by atoms with Crippen LogP contribution in [-0.2, 0) is 16.6 Å². The first-order valence-electron chi connectivity index (χ1n) is 6.50. The molecule has 1 aromatic rings. The van der Waals surface area contributed by atoms with Crippen LogP contribution in [0.1, 0.15) is 10.5 Å². The first-order chi connectivity index (χ1) is 9.52. The molecule has 1 aliphatic heterocycles. The Labute approximate surface area is 117 Å². The molecule has 1 saturated heterocycles. The number of hydrogen-bond acceptors (Lipinski definition) is 4. The van der Waals surface area contributed by atoms with Crippen LogP contribution in [0.4, 0.5) is 5.69 Å². The van der Waals surface area contributed by atoms with Gasteiger partial charge in [0.2, 0.25) is 5.91 Å². The summed E-state index contributed by atoms with van der Waals surface area (Å²) in [5.41, 5.74) is 6.83. The van der Waals surface area contributed by atoms with Gasteiger partial charge in [0.15, 0.2) is 0 Å². The molecule has 2 rings (SSSR count). The van der Waals surface area contributed by atoms with Crippen LogP contribution in [0, 0.1) is 0 Å². The van der Waals surface area contributed by atoms with Gasteiger partial charge in [0.05, 0.1) is 5.69 Å². The lowest BCUT2D eigenvalue weighted by Crippen LogP contribution is -2.51. The van der Waals surface area contributed by atoms with Gasteiger partial charge in [0.1, 0.15) is 12.3 Å². The topological polar surface area (TPSA) is 80.8 Å². The summed E-state index contributed by atoms with van der Waals surface area (Å²) in [6, 6.07) is 1.67. The number of aryl methyl sites for hydroxylation is 1. The zero-order chi connectivity index (χ0) is 14.7. The van der Waals surface area contributed by atoms with Crippen molar-refractivity contribution in [3.8, 4) is 0 Å². The molecule has 2 N–H and O–H groups in total. The SMILES string of the molecule is COCC(=O)N1CCN(C(=O)c2cc(N)cn2C)CC1. The van der Waals surface area contributed by atoms with Gasteiger partial charge in [-0.15, -0.1) is 0 Å². The van der Waals surface area contributed by atoms with E-state index in [9.17, 15) is 9.59 Å². The maximum absolute atomic E-state index is 12.4. The van der Waals surface area contributed by atoms with Gasteiger partial charge >= 0.3 is 0 Å². The molecule has 2 amide bonds. The minimum absolute atomic E-state index is 0.0392. The zero-order valence-electron chi connectivity index (χ0n) is 11.8. The van der Waals surface area contributed by atoms with Gasteiger partial charge in [-0.2, -0.15) is 0 Å². The third-order valence-electron chi connectivity index (χ3n) is 3.43. The number of carbonyl (C=O) groups is 2. The minimum atomic E-state index is -0.0527. The molecule has 0 unspecified atom stereocenters. The lowest BCUT2D eigenvalue weighted by Gasteiger charge is -2.34. The van der Waals surface area contributed by atoms with Crippen LogP contribution >= 0.6 is 0 Å². The number of anilines is 1. The minimum Gasteiger partial charge on any atom is -0.397 e. The van der Waals surface area contributed by atoms with E-state index < -0.39 is 0 Å². The molecule has 0 atom stereocenters. The first kappa shape index (κ1) is 14.4. The van der Waals surface area contributed by atoms with Crippen molar-refractivity contribution in [2.45, 2.75) is 0 Å². The predicted octanol–water partition coefficient (Wildman–Crippen LogP) is -0.462. The number of ether oxygens (including phenoxy) is 1. The molecule has 0 bridgehead atoms. The fourth-order valence-corrected chi connectivity index (χ4v) is 2.34. The Balaban J connectivity index is 1.95. The van der Waals surface area contributed by atoms with E-state index in [2.05, 4.69) is 0 Å². The molecule has 7 heteroatoms. The van der Waals surface area contributed by atoms with Gasteiger partial charge in [-0.1, -0.05) is 0 Å². The van der Waals surface area contributed by atoms with Gasteiger partial charge in [0, 0.05) is 46.5 Å². The van der Waals surface area contributed by atoms with Gasteiger partial charge < -0.3 is 24.8 Å². The Bertz CT molecular complexity index is 504. The molecule has 1 aromatic heterocycles. The number of methoxy groups -OCH3 is 1. The van der Waals surface area contributed by atoms with Gasteiger partial charge in [-0.25, -0.2) is 0 Å². The van der Waals surface area contributed by atoms with E-state index in [1.54, 1.807) is 33.7 Å². The van der Waals surface area contributed by atoms with Gasteiger partial charge in [-0.05, 0) is 6.07 Å². The average Bonchev–Trinajstić information content (AvgIpc) is 2.77. The number of nitrogen functional groups attached to an aromatic ring is 1. The van der Waals surface area contributed by atoms with Crippen LogP contribution in [0.15, 0.2) is 12.3 Å². The van der Waals surface area contributed by atoms with Crippen molar-refractivity contribution in [3.05, 3.63) is 18.0 Å². The van der Waals surface area contributed by atoms with E-state index in [4.69, 9.17) is 10.5 Å². The number of aromatic nitrogens is 1. The zero-order valence-corrected chi connectivity index (χ0v) is 11.8. The van der Waals surface area contributed by atoms with Crippen molar-refractivity contribution in [3.63, 3.8) is 0 Å². The molecule has 0 radical (unpaired) electrons. The maximum Gasteiger partial charge on any atom is 0.270 e. The summed E-state index contributed by atoms with van der Waals surface area (Å²) in [5.74, 6) is -0.0919. The molecule has 7 nitrogen and oxygen atoms in total. The average molecular weight is 280 g/mol. The molecule has 110 valence electrons. The van der Waals surface area contributed by atoms with Crippen molar-refractivity contribution in [2.75, 3.05) is 45.6 Å². The van der Waals surface area contributed by atoms with E-state index in [-0.39, 0.29) is 18.4 Å². The number of carbonyl (C=O) groups excluding carboxylic acids is 2. The van der Waals surface area contributed by atoms with E-state index >= 15 is 0 Å². The van der Waals surface area contributed by atoms with Crippen molar-refractivity contribution >= 4 is 17.5 Å². The van der Waals surface area contributed by atoms with Gasteiger partial charge in [-0.3, -0.25) is 9.59 Å². The summed E-state index contributed by atoms with van der Waals surface area (Å²) >= 11 is 0. The number of hydrogen-bond donors (Lipinski definition) is 1. The fraction of sp³-hybridized carbons (Fsp3) is 0.538. The lowest BCUT2D eigenvalue weighted by molar-refractivity contribution is -0.136. The fourth-order valence-electron chi connectivity index (χ4n) is 2.34. The summed E-state index contributed by atoms with van der Waals surface area (Å²) in [5, 5.41) is 0. The second-order valence-corrected chi connectivity index (χ2v) is 4.88. The maximum atomic E-state index is 12.4. The quantitative estimate of drug-likeness (QED) is 0.812. The second-order valence-electron chi connectivity index (χ2n) is 4.88. The van der Waals surface area contributed by atoms with Crippen LogP contribution in [0.5, 0.6) is 0 Å². The van der Waals surface area contributed by atoms with Crippen molar-refractivity contribution < 1.29 is 14.3 Å². The molecular weight excluding hydrogens is 260 g/mol. The monoisotopic (exact) mass is 280 g/mol. The molecule has 1 aliphatic rings. The van der Waals surface area contributed by atoms with E-state index in [0.29, 0.717) is 37.6 Å². The third kappa shape index (κ3) is 2.93. The highest BCUT2D eigenvalue weighted by molar-refractivity contribution is 5.94. The standard InChI is InChI=1S/C13H20N4O3/c1-15-8-10(14)7-11(15)13(19)17-5-3-16(4-6-17)12(18)9-20-2/h7-8H,3-6,9,14H2,1-2H3. The largest absolute Gasteiger partial charge is 0.397 e. The Kier molecular flexibility index (Phi) is 4.29. The highest BCUT2D eigenvalue weighted by Gasteiger charge is 2.25. The number of nitrogens with zero attached hydrogens (tertiary/aromatic N) is 3. The Morgan fingerprint density at radius 3 is 2.35 bits per heavy atom. The normalized spacial score (nSPS) is 15.5. The molecule has 0 aliphatic carbocycles. The molecule has 0 aromatic carbocycles. The predicted molar refractivity (Wildman–Crippen MR) is 74.2 cm³/mol. The Morgan fingerprint density at radius 1 is 1.25 bits per heavy atom. The lowest BCUT2D eigenvalue weighted by atomic mass is 10.2. The highest BCUT2D eigenvalue weighted by atomic mass is 16.5. The van der Waals surface area contributed by atoms with E-state index in [0.717, 1.165) is 0 Å². The molecular formula is C13H20N4O3. The van der Waals surface area contributed by atoms with Crippen molar-refractivity contribution in [1.82, 2.24) is 14.4 Å². The van der Waals surface area contributed by atoms with Crippen LogP contribution in [-0.4, -0.2) is 66.1 Å². The third-order valence-corrected chi connectivity index (χ3v) is 3.43. The van der Waals surface area contributed by atoms with Crippen LogP contribution < -0.4 is 5.73 Å². The van der Waals surface area contributed by atoms with Crippen LogP contribution in [0.3, 0.4) is 0 Å². The summed E-state index contributed by atoms with van der Waals surface area (Å²) in [7, 11) is 3.29. The smallest absolute Gasteiger partial charge is 0.270 e. The summed E-state index contributed by atoms with van der Waals surface area (Å²) in [6.07, 6.45) is 1.71. The van der Waals surface area contributed by atoms with Crippen LogP contribution in [0.25, 0.3) is 0 Å². The number of rotatable bonds is 3. The molecule has 0 spiro atoms. The van der Waals surface area contributed by atoms with E-state index in [1.807, 2.05) is 0 Å². The second kappa shape index (κ2) is 5.96. The van der Waals surface area contributed by atoms with E-state index in [1.165, 1.54) is 7.11 Å². The highest BCUT2D eigenvalue weighted by Crippen LogP contribution is 2.13. The number of nitrogens with two attached hydrogens (primary N) is 1.